The molecule has 3 rings (SSSR count). The van der Waals surface area contributed by atoms with Gasteiger partial charge < -0.3 is 14.8 Å². The monoisotopic (exact) mass is 344 g/mol. The lowest BCUT2D eigenvalue weighted by Crippen LogP contribution is -2.38. The number of anilines is 1. The Morgan fingerprint density at radius 3 is 3.12 bits per heavy atom. The van der Waals surface area contributed by atoms with E-state index in [1.54, 1.807) is 12.1 Å². The molecule has 2 heterocycles. The summed E-state index contributed by atoms with van der Waals surface area (Å²) < 4.78 is 15.4. The van der Waals surface area contributed by atoms with Crippen molar-refractivity contribution in [2.45, 2.75) is 38.6 Å². The fourth-order valence-electron chi connectivity index (χ4n) is 3.46. The smallest absolute Gasteiger partial charge is 0.225 e. The van der Waals surface area contributed by atoms with Gasteiger partial charge in [-0.15, -0.1) is 0 Å². The quantitative estimate of drug-likeness (QED) is 0.875. The molecule has 0 spiro atoms. The Hall–Kier alpha value is -2.21. The summed E-state index contributed by atoms with van der Waals surface area (Å²) in [6.45, 7) is 4.79. The number of hydrogen-bond donors (Lipinski definition) is 1. The Balaban J connectivity index is 1.50. The van der Waals surface area contributed by atoms with Crippen molar-refractivity contribution in [3.63, 3.8) is 0 Å². The molecule has 1 atom stereocenters. The van der Waals surface area contributed by atoms with Gasteiger partial charge in [0.1, 0.15) is 11.6 Å². The van der Waals surface area contributed by atoms with Gasteiger partial charge in [-0.3, -0.25) is 4.79 Å². The van der Waals surface area contributed by atoms with Gasteiger partial charge in [-0.05, 0) is 37.6 Å². The van der Waals surface area contributed by atoms with Crippen LogP contribution < -0.4 is 5.32 Å². The molecule has 25 heavy (non-hydrogen) atoms. The van der Waals surface area contributed by atoms with Crippen molar-refractivity contribution in [3.8, 4) is 0 Å². The van der Waals surface area contributed by atoms with Gasteiger partial charge >= 0.3 is 0 Å². The summed E-state index contributed by atoms with van der Waals surface area (Å²) in [5, 5.41) is 2.76. The van der Waals surface area contributed by atoms with E-state index < -0.39 is 0 Å². The Labute approximate surface area is 147 Å². The van der Waals surface area contributed by atoms with E-state index in [4.69, 9.17) is 0 Å². The number of benzene rings is 1. The summed E-state index contributed by atoms with van der Waals surface area (Å²) in [7, 11) is 0. The molecule has 1 aliphatic heterocycles. The van der Waals surface area contributed by atoms with Crippen molar-refractivity contribution >= 4 is 11.6 Å². The second-order valence-electron chi connectivity index (χ2n) is 6.51. The van der Waals surface area contributed by atoms with Gasteiger partial charge in [-0.1, -0.05) is 13.0 Å². The van der Waals surface area contributed by atoms with Crippen LogP contribution in [0.5, 0.6) is 0 Å². The molecule has 0 bridgehead atoms. The molecule has 1 N–H and O–H groups in total. The molecule has 134 valence electrons. The van der Waals surface area contributed by atoms with Crippen LogP contribution in [0.15, 0.2) is 36.7 Å². The summed E-state index contributed by atoms with van der Waals surface area (Å²) in [4.78, 5) is 18.8. The predicted octanol–water partition coefficient (Wildman–Crippen LogP) is 3.25. The van der Waals surface area contributed by atoms with Gasteiger partial charge in [0.25, 0.3) is 0 Å². The van der Waals surface area contributed by atoms with Gasteiger partial charge in [-0.2, -0.15) is 0 Å². The summed E-state index contributed by atoms with van der Waals surface area (Å²) in [5.74, 6) is 0.698. The third-order valence-electron chi connectivity index (χ3n) is 4.70. The number of nitrogens with zero attached hydrogens (tertiary/aromatic N) is 3. The number of carbonyl (C=O) groups excluding carboxylic acids is 1. The number of nitrogens with one attached hydrogen (secondary N) is 1. The largest absolute Gasteiger partial charge is 0.331 e. The number of halogens is 1. The molecule has 0 radical (unpaired) electrons. The Kier molecular flexibility index (Phi) is 5.81. The van der Waals surface area contributed by atoms with E-state index in [0.717, 1.165) is 38.2 Å². The molecule has 1 saturated heterocycles. The number of carbonyl (C=O) groups is 1. The van der Waals surface area contributed by atoms with Gasteiger partial charge in [-0.25, -0.2) is 9.37 Å². The van der Waals surface area contributed by atoms with Crippen LogP contribution in [0.1, 0.15) is 38.1 Å². The number of rotatable bonds is 6. The van der Waals surface area contributed by atoms with Crippen molar-refractivity contribution in [2.24, 2.45) is 0 Å². The molecule has 0 aliphatic carbocycles. The zero-order valence-corrected chi connectivity index (χ0v) is 14.6. The lowest BCUT2D eigenvalue weighted by molar-refractivity contribution is -0.116. The minimum absolute atomic E-state index is 0.0791. The molecule has 2 aromatic rings. The van der Waals surface area contributed by atoms with Crippen molar-refractivity contribution < 1.29 is 9.18 Å². The molecule has 1 aromatic heterocycles. The maximum atomic E-state index is 13.2. The molecular weight excluding hydrogens is 319 g/mol. The first kappa shape index (κ1) is 17.6. The van der Waals surface area contributed by atoms with Crippen LogP contribution in [0.25, 0.3) is 0 Å². The van der Waals surface area contributed by atoms with E-state index in [2.05, 4.69) is 32.9 Å². The van der Waals surface area contributed by atoms with Crippen LogP contribution >= 0.6 is 0 Å². The van der Waals surface area contributed by atoms with Crippen LogP contribution in [-0.4, -0.2) is 40.0 Å². The molecule has 0 saturated carbocycles. The standard InChI is InChI=1S/C19H25FN4O/c1-2-18-21-9-12-24(18)17-7-4-10-23(14-17)11-8-19(25)22-16-6-3-5-15(20)13-16/h3,5-6,9,12-13,17H,2,4,7-8,10-11,14H2,1H3,(H,22,25)/t17-/m0/s1. The van der Waals surface area contributed by atoms with E-state index in [9.17, 15) is 9.18 Å². The van der Waals surface area contributed by atoms with Crippen LogP contribution in [0, 0.1) is 5.82 Å². The number of aryl methyl sites for hydroxylation is 1. The number of imidazole rings is 1. The maximum Gasteiger partial charge on any atom is 0.225 e. The molecule has 6 heteroatoms. The average Bonchev–Trinajstić information content (AvgIpc) is 3.09. The molecule has 5 nitrogen and oxygen atoms in total. The topological polar surface area (TPSA) is 50.2 Å². The highest BCUT2D eigenvalue weighted by molar-refractivity contribution is 5.90. The van der Waals surface area contributed by atoms with Gasteiger partial charge in [0.2, 0.25) is 5.91 Å². The molecular formula is C19H25FN4O. The zero-order valence-electron chi connectivity index (χ0n) is 14.6. The average molecular weight is 344 g/mol. The number of hydrogen-bond acceptors (Lipinski definition) is 3. The first-order chi connectivity index (χ1) is 12.2. The van der Waals surface area contributed by atoms with E-state index in [0.29, 0.717) is 24.7 Å². The lowest BCUT2D eigenvalue weighted by Gasteiger charge is -2.34. The maximum absolute atomic E-state index is 13.2. The highest BCUT2D eigenvalue weighted by atomic mass is 19.1. The summed E-state index contributed by atoms with van der Waals surface area (Å²) in [5.41, 5.74) is 0.507. The minimum atomic E-state index is -0.344. The second kappa shape index (κ2) is 8.25. The van der Waals surface area contributed by atoms with Gasteiger partial charge in [0.05, 0.1) is 0 Å². The lowest BCUT2D eigenvalue weighted by atomic mass is 10.0. The van der Waals surface area contributed by atoms with Crippen molar-refractivity contribution in [1.29, 1.82) is 0 Å². The first-order valence-corrected chi connectivity index (χ1v) is 8.95. The Bertz CT molecular complexity index is 715. The van der Waals surface area contributed by atoms with E-state index >= 15 is 0 Å². The van der Waals surface area contributed by atoms with Crippen LogP contribution in [0.4, 0.5) is 10.1 Å². The van der Waals surface area contributed by atoms with E-state index in [1.807, 2.05) is 6.20 Å². The normalized spacial score (nSPS) is 18.2. The SMILES string of the molecule is CCc1nccn1[C@H]1CCCN(CCC(=O)Nc2cccc(F)c2)C1. The third-order valence-corrected chi connectivity index (χ3v) is 4.70. The first-order valence-electron chi connectivity index (χ1n) is 8.95. The van der Waals surface area contributed by atoms with E-state index in [-0.39, 0.29) is 11.7 Å². The van der Waals surface area contributed by atoms with Crippen LogP contribution in [0.3, 0.4) is 0 Å². The molecule has 1 amide bonds. The highest BCUT2D eigenvalue weighted by Gasteiger charge is 2.22. The summed E-state index contributed by atoms with van der Waals surface area (Å²) in [6.07, 6.45) is 7.54. The number of aromatic nitrogens is 2. The van der Waals surface area contributed by atoms with Crippen LogP contribution in [-0.2, 0) is 11.2 Å². The van der Waals surface area contributed by atoms with Gasteiger partial charge in [0.15, 0.2) is 0 Å². The summed E-state index contributed by atoms with van der Waals surface area (Å²) in [6, 6.07) is 6.42. The van der Waals surface area contributed by atoms with Gasteiger partial charge in [0, 0.05) is 50.1 Å². The Morgan fingerprint density at radius 1 is 1.44 bits per heavy atom. The minimum Gasteiger partial charge on any atom is -0.331 e. The molecule has 1 fully saturated rings. The fourth-order valence-corrected chi connectivity index (χ4v) is 3.46. The van der Waals surface area contributed by atoms with Crippen molar-refractivity contribution in [1.82, 2.24) is 14.5 Å². The van der Waals surface area contributed by atoms with Crippen LogP contribution in [0.2, 0.25) is 0 Å². The number of piperidine rings is 1. The zero-order chi connectivity index (χ0) is 17.6. The Morgan fingerprint density at radius 2 is 2.32 bits per heavy atom. The highest BCUT2D eigenvalue weighted by Crippen LogP contribution is 2.23. The molecule has 0 unspecified atom stereocenters. The second-order valence-corrected chi connectivity index (χ2v) is 6.51. The number of likely N-dealkylation sites (tertiary alicyclic amines) is 1. The fraction of sp³-hybridized carbons (Fsp3) is 0.474. The molecule has 1 aliphatic rings. The van der Waals surface area contributed by atoms with Crippen molar-refractivity contribution in [2.75, 3.05) is 25.0 Å². The number of amides is 1. The third kappa shape index (κ3) is 4.66. The predicted molar refractivity (Wildman–Crippen MR) is 96.0 cm³/mol. The van der Waals surface area contributed by atoms with E-state index in [1.165, 1.54) is 12.1 Å². The summed E-state index contributed by atoms with van der Waals surface area (Å²) >= 11 is 0. The van der Waals surface area contributed by atoms with Crippen molar-refractivity contribution in [3.05, 3.63) is 48.3 Å². The molecule has 1 aromatic carbocycles.